The van der Waals surface area contributed by atoms with Gasteiger partial charge in [-0.1, -0.05) is 50.8 Å². The molecule has 0 radical (unpaired) electrons. The summed E-state index contributed by atoms with van der Waals surface area (Å²) in [6.45, 7) is 10.7. The first-order chi connectivity index (χ1) is 14.4. The van der Waals surface area contributed by atoms with E-state index in [1.807, 2.05) is 0 Å². The highest BCUT2D eigenvalue weighted by atomic mass is 16.5. The summed E-state index contributed by atoms with van der Waals surface area (Å²) in [6, 6.07) is 6.44. The number of rotatable bonds is 9. The zero-order valence-corrected chi connectivity index (χ0v) is 18.5. The number of hydrogen-bond acceptors (Lipinski definition) is 6. The third-order valence-corrected chi connectivity index (χ3v) is 5.27. The van der Waals surface area contributed by atoms with Crippen molar-refractivity contribution in [2.24, 2.45) is 5.41 Å². The predicted octanol–water partition coefficient (Wildman–Crippen LogP) is 4.34. The van der Waals surface area contributed by atoms with Crippen molar-refractivity contribution in [3.8, 4) is 0 Å². The number of carbonyl (C=O) groups is 3. The topological polar surface area (TPSA) is 101 Å². The first-order valence-corrected chi connectivity index (χ1v) is 10.2. The van der Waals surface area contributed by atoms with Crippen molar-refractivity contribution in [2.45, 2.75) is 53.1 Å². The Morgan fingerprint density at radius 2 is 1.81 bits per heavy atom. The first kappa shape index (κ1) is 24.3. The van der Waals surface area contributed by atoms with Gasteiger partial charge in [-0.2, -0.15) is 0 Å². The summed E-state index contributed by atoms with van der Waals surface area (Å²) in [4.78, 5) is 37.2. The van der Waals surface area contributed by atoms with E-state index in [9.17, 15) is 24.6 Å². The Bertz CT molecular complexity index is 962. The van der Waals surface area contributed by atoms with Crippen LogP contribution in [0.3, 0.4) is 0 Å². The second-order valence-electron chi connectivity index (χ2n) is 8.71. The van der Waals surface area contributed by atoms with Crippen LogP contribution in [0.1, 0.15) is 62.9 Å². The molecule has 1 unspecified atom stereocenters. The molecule has 166 valence electrons. The zero-order chi connectivity index (χ0) is 23.3. The number of carbonyl (C=O) groups excluding carboxylic acids is 3. The van der Waals surface area contributed by atoms with Crippen LogP contribution in [0.2, 0.25) is 0 Å². The van der Waals surface area contributed by atoms with Crippen molar-refractivity contribution in [2.75, 3.05) is 6.61 Å². The standard InChI is InChI=1S/C25H30O6/c1-15(17(3)26)9-8-10-16(2)24(30)31-14-25(4,5)13-20-21(27)18-11-6-7-12-19(18)22(28)23(20)29/h6-7,10-12,17,26-27H,1,8-9,13-14H2,2-5H3/b16-10+. The van der Waals surface area contributed by atoms with Gasteiger partial charge in [0.1, 0.15) is 5.76 Å². The molecular formula is C25H30O6. The van der Waals surface area contributed by atoms with Crippen LogP contribution in [-0.4, -0.2) is 40.5 Å². The van der Waals surface area contributed by atoms with Crippen molar-refractivity contribution in [3.63, 3.8) is 0 Å². The van der Waals surface area contributed by atoms with E-state index in [0.717, 1.165) is 0 Å². The van der Waals surface area contributed by atoms with Crippen LogP contribution in [-0.2, 0) is 14.3 Å². The van der Waals surface area contributed by atoms with Gasteiger partial charge in [0.05, 0.1) is 12.7 Å². The summed E-state index contributed by atoms with van der Waals surface area (Å²) in [5.41, 5.74) is 1.02. The average Bonchev–Trinajstić information content (AvgIpc) is 2.73. The van der Waals surface area contributed by atoms with E-state index in [1.54, 1.807) is 52.0 Å². The molecule has 6 heteroatoms. The molecule has 1 aromatic rings. The summed E-state index contributed by atoms with van der Waals surface area (Å²) in [7, 11) is 0. The Morgan fingerprint density at radius 1 is 1.19 bits per heavy atom. The molecule has 1 aliphatic rings. The summed E-state index contributed by atoms with van der Waals surface area (Å²) in [5.74, 6) is -2.06. The molecule has 0 saturated heterocycles. The highest BCUT2D eigenvalue weighted by Gasteiger charge is 2.36. The smallest absolute Gasteiger partial charge is 0.333 e. The lowest BCUT2D eigenvalue weighted by molar-refractivity contribution is -0.141. The minimum atomic E-state index is -0.731. The number of benzene rings is 1. The molecule has 2 N–H and O–H groups in total. The molecule has 0 heterocycles. The monoisotopic (exact) mass is 426 g/mol. The summed E-state index contributed by atoms with van der Waals surface area (Å²) < 4.78 is 5.40. The third kappa shape index (κ3) is 6.01. The fourth-order valence-electron chi connectivity index (χ4n) is 3.25. The minimum Gasteiger partial charge on any atom is -0.507 e. The lowest BCUT2D eigenvalue weighted by Crippen LogP contribution is -2.30. The van der Waals surface area contributed by atoms with Crippen molar-refractivity contribution in [1.82, 2.24) is 0 Å². The quantitative estimate of drug-likeness (QED) is 0.264. The van der Waals surface area contributed by atoms with Gasteiger partial charge in [0, 0.05) is 27.7 Å². The Hall–Kier alpha value is -2.99. The van der Waals surface area contributed by atoms with Gasteiger partial charge in [0.15, 0.2) is 0 Å². The van der Waals surface area contributed by atoms with E-state index in [-0.39, 0.29) is 29.9 Å². The third-order valence-electron chi connectivity index (χ3n) is 5.27. The summed E-state index contributed by atoms with van der Waals surface area (Å²) in [6.07, 6.45) is 2.36. The van der Waals surface area contributed by atoms with Gasteiger partial charge in [-0.15, -0.1) is 0 Å². The molecule has 0 aromatic heterocycles. The Balaban J connectivity index is 2.03. The van der Waals surface area contributed by atoms with E-state index >= 15 is 0 Å². The molecule has 6 nitrogen and oxygen atoms in total. The molecule has 0 aliphatic heterocycles. The number of fused-ring (bicyclic) bond motifs is 1. The van der Waals surface area contributed by atoms with Gasteiger partial charge in [0.25, 0.3) is 0 Å². The fourth-order valence-corrected chi connectivity index (χ4v) is 3.25. The fraction of sp³-hybridized carbons (Fsp3) is 0.400. The van der Waals surface area contributed by atoms with Gasteiger partial charge in [-0.05, 0) is 38.7 Å². The van der Waals surface area contributed by atoms with E-state index in [2.05, 4.69) is 6.58 Å². The Morgan fingerprint density at radius 3 is 2.42 bits per heavy atom. The first-order valence-electron chi connectivity index (χ1n) is 10.2. The van der Waals surface area contributed by atoms with E-state index < -0.39 is 29.1 Å². The molecule has 1 atom stereocenters. The number of ketones is 2. The Labute approximate surface area is 182 Å². The van der Waals surface area contributed by atoms with Crippen molar-refractivity contribution >= 4 is 23.3 Å². The molecule has 0 bridgehead atoms. The van der Waals surface area contributed by atoms with Crippen molar-refractivity contribution < 1.29 is 29.3 Å². The van der Waals surface area contributed by atoms with Crippen LogP contribution >= 0.6 is 0 Å². The van der Waals surface area contributed by atoms with Crippen LogP contribution < -0.4 is 0 Å². The van der Waals surface area contributed by atoms with Crippen LogP contribution in [0.4, 0.5) is 0 Å². The number of aliphatic hydroxyl groups excluding tert-OH is 2. The highest BCUT2D eigenvalue weighted by Crippen LogP contribution is 2.35. The van der Waals surface area contributed by atoms with Crippen LogP contribution in [0, 0.1) is 5.41 Å². The van der Waals surface area contributed by atoms with Gasteiger partial charge in [-0.25, -0.2) is 4.79 Å². The van der Waals surface area contributed by atoms with Crippen LogP contribution in [0.15, 0.2) is 53.6 Å². The number of Topliss-reactive ketones (excluding diaryl/α,β-unsaturated/α-hetero) is 2. The maximum atomic E-state index is 12.5. The minimum absolute atomic E-state index is 0.0112. The second-order valence-corrected chi connectivity index (χ2v) is 8.71. The SMILES string of the molecule is C=C(CC/C=C(\C)C(=O)OCC(C)(C)CC1=C(O)c2ccccc2C(=O)C1=O)C(C)O. The second kappa shape index (κ2) is 9.88. The molecule has 1 aliphatic carbocycles. The van der Waals surface area contributed by atoms with Crippen molar-refractivity contribution in [3.05, 3.63) is 64.8 Å². The molecule has 2 rings (SSSR count). The normalized spacial score (nSPS) is 15.6. The Kier molecular flexibility index (Phi) is 7.74. The largest absolute Gasteiger partial charge is 0.507 e. The molecule has 31 heavy (non-hydrogen) atoms. The summed E-state index contributed by atoms with van der Waals surface area (Å²) >= 11 is 0. The number of allylic oxidation sites excluding steroid dienone is 2. The average molecular weight is 427 g/mol. The molecule has 0 saturated carbocycles. The predicted molar refractivity (Wildman–Crippen MR) is 118 cm³/mol. The number of hydrogen-bond donors (Lipinski definition) is 2. The number of ether oxygens (including phenoxy) is 1. The number of aliphatic hydroxyl groups is 2. The molecule has 0 amide bonds. The van der Waals surface area contributed by atoms with E-state index in [4.69, 9.17) is 4.74 Å². The lowest BCUT2D eigenvalue weighted by atomic mass is 9.79. The van der Waals surface area contributed by atoms with Gasteiger partial charge < -0.3 is 14.9 Å². The molecule has 0 spiro atoms. The van der Waals surface area contributed by atoms with Crippen LogP contribution in [0.5, 0.6) is 0 Å². The lowest BCUT2D eigenvalue weighted by Gasteiger charge is -2.27. The van der Waals surface area contributed by atoms with Gasteiger partial charge in [0.2, 0.25) is 11.6 Å². The van der Waals surface area contributed by atoms with Gasteiger partial charge >= 0.3 is 5.97 Å². The van der Waals surface area contributed by atoms with Gasteiger partial charge in [-0.3, -0.25) is 9.59 Å². The maximum Gasteiger partial charge on any atom is 0.333 e. The number of esters is 1. The summed E-state index contributed by atoms with van der Waals surface area (Å²) in [5, 5.41) is 20.0. The maximum absolute atomic E-state index is 12.5. The molecule has 0 fully saturated rings. The zero-order valence-electron chi connectivity index (χ0n) is 18.5. The van der Waals surface area contributed by atoms with E-state index in [1.165, 1.54) is 6.07 Å². The highest BCUT2D eigenvalue weighted by molar-refractivity contribution is 6.52. The van der Waals surface area contributed by atoms with E-state index in [0.29, 0.717) is 29.6 Å². The molecular weight excluding hydrogens is 396 g/mol. The van der Waals surface area contributed by atoms with Crippen molar-refractivity contribution in [1.29, 1.82) is 0 Å². The van der Waals surface area contributed by atoms with Crippen LogP contribution in [0.25, 0.3) is 5.76 Å². The molecule has 1 aromatic carbocycles.